The van der Waals surface area contributed by atoms with Crippen molar-refractivity contribution in [2.24, 2.45) is 5.10 Å². The minimum Gasteiger partial charge on any atom is -0.504 e. The van der Waals surface area contributed by atoms with E-state index in [4.69, 9.17) is 4.74 Å². The van der Waals surface area contributed by atoms with Crippen molar-refractivity contribution in [2.75, 3.05) is 6.61 Å². The number of nitrogens with zero attached hydrogens (tertiary/aromatic N) is 2. The van der Waals surface area contributed by atoms with Gasteiger partial charge in [0.25, 0.3) is 0 Å². The van der Waals surface area contributed by atoms with Crippen LogP contribution in [0.25, 0.3) is 0 Å². The number of ether oxygens (including phenoxy) is 1. The highest BCUT2D eigenvalue weighted by Crippen LogP contribution is 2.26. The van der Waals surface area contributed by atoms with Crippen LogP contribution in [0.1, 0.15) is 18.1 Å². The van der Waals surface area contributed by atoms with E-state index in [1.54, 1.807) is 43.6 Å². The number of rotatable bonds is 6. The summed E-state index contributed by atoms with van der Waals surface area (Å²) in [7, 11) is 0. The first kappa shape index (κ1) is 17.9. The van der Waals surface area contributed by atoms with Gasteiger partial charge in [0.15, 0.2) is 11.5 Å². The van der Waals surface area contributed by atoms with Gasteiger partial charge in [0.1, 0.15) is 0 Å². The zero-order valence-corrected chi connectivity index (χ0v) is 13.6. The Bertz CT molecular complexity index is 762. The fourth-order valence-corrected chi connectivity index (χ4v) is 1.86. The van der Waals surface area contributed by atoms with Crippen molar-refractivity contribution in [3.63, 3.8) is 0 Å². The molecule has 0 saturated carbocycles. The normalized spacial score (nSPS) is 10.4. The first-order chi connectivity index (χ1) is 12.1. The molecule has 2 aromatic rings. The Kier molecular flexibility index (Phi) is 6.47. The van der Waals surface area contributed by atoms with Gasteiger partial charge in [0.05, 0.1) is 12.8 Å². The lowest BCUT2D eigenvalue weighted by atomic mass is 10.2. The van der Waals surface area contributed by atoms with Gasteiger partial charge in [-0.2, -0.15) is 5.10 Å². The maximum atomic E-state index is 11.7. The molecule has 130 valence electrons. The molecule has 2 amide bonds. The van der Waals surface area contributed by atoms with Gasteiger partial charge in [-0.1, -0.05) is 6.07 Å². The molecule has 8 heteroatoms. The van der Waals surface area contributed by atoms with Gasteiger partial charge < -0.3 is 15.2 Å². The van der Waals surface area contributed by atoms with Gasteiger partial charge in [-0.3, -0.25) is 14.6 Å². The van der Waals surface area contributed by atoms with E-state index in [9.17, 15) is 14.7 Å². The minimum absolute atomic E-state index is 0.0119. The van der Waals surface area contributed by atoms with Crippen molar-refractivity contribution in [3.8, 4) is 11.5 Å². The molecule has 0 aliphatic carbocycles. The Balaban J connectivity index is 1.85. The number of aromatic hydroxyl groups is 1. The predicted molar refractivity (Wildman–Crippen MR) is 91.1 cm³/mol. The number of hydrazone groups is 1. The van der Waals surface area contributed by atoms with Crippen LogP contribution in [0.15, 0.2) is 47.8 Å². The van der Waals surface area contributed by atoms with E-state index < -0.39 is 11.8 Å². The first-order valence-corrected chi connectivity index (χ1v) is 7.56. The van der Waals surface area contributed by atoms with Gasteiger partial charge in [-0.05, 0) is 42.3 Å². The number of carbonyl (C=O) groups is 2. The summed E-state index contributed by atoms with van der Waals surface area (Å²) in [4.78, 5) is 27.2. The average molecular weight is 342 g/mol. The molecule has 0 atom stereocenters. The molecule has 0 aliphatic rings. The third kappa shape index (κ3) is 5.61. The lowest BCUT2D eigenvalue weighted by molar-refractivity contribution is -0.139. The van der Waals surface area contributed by atoms with E-state index in [0.717, 1.165) is 5.56 Å². The summed E-state index contributed by atoms with van der Waals surface area (Å²) in [5.41, 5.74) is 3.51. The molecule has 1 aromatic heterocycles. The third-order valence-corrected chi connectivity index (χ3v) is 3.05. The number of phenolic OH excluding ortho intramolecular Hbond substituents is 1. The van der Waals surface area contributed by atoms with Crippen molar-refractivity contribution in [1.29, 1.82) is 0 Å². The van der Waals surface area contributed by atoms with Crippen LogP contribution >= 0.6 is 0 Å². The zero-order chi connectivity index (χ0) is 18.1. The van der Waals surface area contributed by atoms with Crippen LogP contribution in [0.2, 0.25) is 0 Å². The highest BCUT2D eigenvalue weighted by Gasteiger charge is 2.11. The highest BCUT2D eigenvalue weighted by molar-refractivity contribution is 6.35. The van der Waals surface area contributed by atoms with Crippen LogP contribution < -0.4 is 15.5 Å². The molecule has 0 aliphatic heterocycles. The summed E-state index contributed by atoms with van der Waals surface area (Å²) < 4.78 is 5.25. The number of amides is 2. The molecule has 1 aromatic carbocycles. The number of hydrogen-bond acceptors (Lipinski definition) is 6. The Morgan fingerprint density at radius 2 is 2.16 bits per heavy atom. The Morgan fingerprint density at radius 3 is 2.88 bits per heavy atom. The van der Waals surface area contributed by atoms with Crippen LogP contribution in [-0.2, 0) is 16.1 Å². The molecule has 2 rings (SSSR count). The van der Waals surface area contributed by atoms with Crippen LogP contribution in [0.5, 0.6) is 11.5 Å². The van der Waals surface area contributed by atoms with E-state index in [1.807, 2.05) is 0 Å². The monoisotopic (exact) mass is 342 g/mol. The third-order valence-electron chi connectivity index (χ3n) is 3.05. The van der Waals surface area contributed by atoms with E-state index in [2.05, 4.69) is 20.8 Å². The first-order valence-electron chi connectivity index (χ1n) is 7.56. The van der Waals surface area contributed by atoms with Crippen LogP contribution in [0.4, 0.5) is 0 Å². The molecular formula is C17H18N4O4. The Labute approximate surface area is 144 Å². The maximum Gasteiger partial charge on any atom is 0.329 e. The largest absolute Gasteiger partial charge is 0.504 e. The quantitative estimate of drug-likeness (QED) is 0.411. The van der Waals surface area contributed by atoms with Gasteiger partial charge in [-0.15, -0.1) is 0 Å². The number of aromatic nitrogens is 1. The van der Waals surface area contributed by atoms with Crippen LogP contribution in [0, 0.1) is 0 Å². The summed E-state index contributed by atoms with van der Waals surface area (Å²) in [6.07, 6.45) is 4.55. The summed E-state index contributed by atoms with van der Waals surface area (Å²) in [6.45, 7) is 2.39. The maximum absolute atomic E-state index is 11.7. The molecular weight excluding hydrogens is 324 g/mol. The summed E-state index contributed by atoms with van der Waals surface area (Å²) in [6, 6.07) is 8.13. The van der Waals surface area contributed by atoms with Gasteiger partial charge >= 0.3 is 11.8 Å². The number of carbonyl (C=O) groups excluding carboxylic acids is 2. The topological polar surface area (TPSA) is 113 Å². The molecule has 0 saturated heterocycles. The molecule has 0 spiro atoms. The lowest BCUT2D eigenvalue weighted by Crippen LogP contribution is -2.37. The van der Waals surface area contributed by atoms with Crippen molar-refractivity contribution in [2.45, 2.75) is 13.5 Å². The standard InChI is InChI=1S/C17H18N4O4/c1-2-25-15-8-12(5-6-14(15)22)11-20-21-17(24)16(23)19-10-13-4-3-7-18-9-13/h3-9,11,22H,2,10H2,1H3,(H,19,23)(H,21,24). The number of hydrogen-bond donors (Lipinski definition) is 3. The van der Waals surface area contributed by atoms with E-state index >= 15 is 0 Å². The van der Waals surface area contributed by atoms with E-state index in [0.29, 0.717) is 17.9 Å². The number of benzene rings is 1. The molecule has 0 radical (unpaired) electrons. The molecule has 3 N–H and O–H groups in total. The molecule has 0 unspecified atom stereocenters. The predicted octanol–water partition coefficient (Wildman–Crippen LogP) is 0.952. The zero-order valence-electron chi connectivity index (χ0n) is 13.6. The summed E-state index contributed by atoms with van der Waals surface area (Å²) >= 11 is 0. The molecule has 25 heavy (non-hydrogen) atoms. The smallest absolute Gasteiger partial charge is 0.329 e. The number of pyridine rings is 1. The molecule has 0 fully saturated rings. The molecule has 1 heterocycles. The molecule has 8 nitrogen and oxygen atoms in total. The second kappa shape index (κ2) is 9.02. The minimum atomic E-state index is -0.885. The lowest BCUT2D eigenvalue weighted by Gasteiger charge is -2.06. The highest BCUT2D eigenvalue weighted by atomic mass is 16.5. The second-order valence-electron chi connectivity index (χ2n) is 4.90. The SMILES string of the molecule is CCOc1cc(C=NNC(=O)C(=O)NCc2cccnc2)ccc1O. The van der Waals surface area contributed by atoms with E-state index in [-0.39, 0.29) is 12.3 Å². The number of phenols is 1. The van der Waals surface area contributed by atoms with Crippen LogP contribution in [-0.4, -0.2) is 34.7 Å². The summed E-state index contributed by atoms with van der Waals surface area (Å²) in [5.74, 6) is -1.37. The fraction of sp³-hybridized carbons (Fsp3) is 0.176. The van der Waals surface area contributed by atoms with Crippen molar-refractivity contribution >= 4 is 18.0 Å². The fourth-order valence-electron chi connectivity index (χ4n) is 1.86. The second-order valence-corrected chi connectivity index (χ2v) is 4.90. The van der Waals surface area contributed by atoms with Crippen molar-refractivity contribution in [3.05, 3.63) is 53.9 Å². The molecule has 0 bridgehead atoms. The van der Waals surface area contributed by atoms with Gasteiger partial charge in [0, 0.05) is 18.9 Å². The van der Waals surface area contributed by atoms with Gasteiger partial charge in [-0.25, -0.2) is 5.43 Å². The Hall–Kier alpha value is -3.42. The van der Waals surface area contributed by atoms with Gasteiger partial charge in [0.2, 0.25) is 0 Å². The van der Waals surface area contributed by atoms with Crippen LogP contribution in [0.3, 0.4) is 0 Å². The van der Waals surface area contributed by atoms with Crippen molar-refractivity contribution < 1.29 is 19.4 Å². The summed E-state index contributed by atoms with van der Waals surface area (Å²) in [5, 5.41) is 15.8. The average Bonchev–Trinajstić information content (AvgIpc) is 2.63. The van der Waals surface area contributed by atoms with E-state index in [1.165, 1.54) is 12.3 Å². The number of nitrogens with one attached hydrogen (secondary N) is 2. The Morgan fingerprint density at radius 1 is 1.32 bits per heavy atom. The van der Waals surface area contributed by atoms with Crippen molar-refractivity contribution in [1.82, 2.24) is 15.7 Å².